The first kappa shape index (κ1) is 12.7. The summed E-state index contributed by atoms with van der Waals surface area (Å²) in [6, 6.07) is 18.4. The van der Waals surface area contributed by atoms with Gasteiger partial charge in [-0.05, 0) is 60.0 Å². The van der Waals surface area contributed by atoms with E-state index in [2.05, 4.69) is 59.5 Å². The maximum atomic E-state index is 8.99. The van der Waals surface area contributed by atoms with Crippen LogP contribution in [0.25, 0.3) is 6.08 Å². The van der Waals surface area contributed by atoms with Gasteiger partial charge in [-0.2, -0.15) is 5.26 Å². The molecule has 22 heavy (non-hydrogen) atoms. The SMILES string of the molecule is N#Cc1ccc(N2C3=CC=CCC3=Cc3ccccc32)cc1. The zero-order valence-corrected chi connectivity index (χ0v) is 12.0. The molecule has 0 radical (unpaired) electrons. The van der Waals surface area contributed by atoms with Gasteiger partial charge in [0.15, 0.2) is 0 Å². The molecule has 2 heteroatoms. The third-order valence-electron chi connectivity index (χ3n) is 4.06. The smallest absolute Gasteiger partial charge is 0.0991 e. The van der Waals surface area contributed by atoms with Crippen molar-refractivity contribution in [3.05, 3.63) is 89.2 Å². The molecule has 1 aliphatic carbocycles. The van der Waals surface area contributed by atoms with Crippen molar-refractivity contribution in [1.82, 2.24) is 0 Å². The van der Waals surface area contributed by atoms with E-state index in [1.807, 2.05) is 24.3 Å². The van der Waals surface area contributed by atoms with Crippen molar-refractivity contribution in [1.29, 1.82) is 5.26 Å². The molecule has 1 aliphatic heterocycles. The number of para-hydroxylation sites is 1. The van der Waals surface area contributed by atoms with Crippen LogP contribution in [0.15, 0.2) is 78.0 Å². The van der Waals surface area contributed by atoms with E-state index in [0.29, 0.717) is 5.56 Å². The summed E-state index contributed by atoms with van der Waals surface area (Å²) < 4.78 is 0. The van der Waals surface area contributed by atoms with Crippen molar-refractivity contribution in [2.45, 2.75) is 6.42 Å². The minimum absolute atomic E-state index is 0.683. The number of hydrogen-bond donors (Lipinski definition) is 0. The van der Waals surface area contributed by atoms with Gasteiger partial charge in [-0.25, -0.2) is 0 Å². The van der Waals surface area contributed by atoms with Crippen molar-refractivity contribution in [2.75, 3.05) is 4.90 Å². The van der Waals surface area contributed by atoms with Crippen LogP contribution in [0.5, 0.6) is 0 Å². The second-order valence-corrected chi connectivity index (χ2v) is 5.41. The van der Waals surface area contributed by atoms with E-state index in [4.69, 9.17) is 5.26 Å². The molecule has 0 bridgehead atoms. The summed E-state index contributed by atoms with van der Waals surface area (Å²) >= 11 is 0. The lowest BCUT2D eigenvalue weighted by Gasteiger charge is -2.34. The lowest BCUT2D eigenvalue weighted by atomic mass is 9.93. The molecule has 0 atom stereocenters. The summed E-state index contributed by atoms with van der Waals surface area (Å²) in [7, 11) is 0. The number of fused-ring (bicyclic) bond motifs is 2. The number of hydrogen-bond acceptors (Lipinski definition) is 2. The molecule has 4 rings (SSSR count). The molecular weight excluding hydrogens is 268 g/mol. The normalized spacial score (nSPS) is 15.3. The molecule has 104 valence electrons. The molecule has 1 heterocycles. The Bertz CT molecular complexity index is 861. The lowest BCUT2D eigenvalue weighted by Crippen LogP contribution is -2.22. The van der Waals surface area contributed by atoms with Crippen molar-refractivity contribution in [2.24, 2.45) is 0 Å². The molecule has 0 spiro atoms. The van der Waals surface area contributed by atoms with E-state index in [1.54, 1.807) is 0 Å². The first-order valence-electron chi connectivity index (χ1n) is 7.34. The Hall–Kier alpha value is -3.05. The van der Waals surface area contributed by atoms with Crippen molar-refractivity contribution < 1.29 is 0 Å². The zero-order valence-electron chi connectivity index (χ0n) is 12.0. The Morgan fingerprint density at radius 3 is 2.64 bits per heavy atom. The minimum atomic E-state index is 0.683. The van der Waals surface area contributed by atoms with Gasteiger partial charge in [-0.1, -0.05) is 30.4 Å². The molecule has 2 aromatic rings. The third-order valence-corrected chi connectivity index (χ3v) is 4.06. The molecule has 2 aromatic carbocycles. The van der Waals surface area contributed by atoms with Gasteiger partial charge in [-0.3, -0.25) is 0 Å². The van der Waals surface area contributed by atoms with Crippen LogP contribution in [-0.2, 0) is 0 Å². The van der Waals surface area contributed by atoms with E-state index in [-0.39, 0.29) is 0 Å². The van der Waals surface area contributed by atoms with Gasteiger partial charge in [0.1, 0.15) is 0 Å². The third kappa shape index (κ3) is 1.96. The molecule has 2 nitrogen and oxygen atoms in total. The highest BCUT2D eigenvalue weighted by Gasteiger charge is 2.24. The van der Waals surface area contributed by atoms with E-state index in [9.17, 15) is 0 Å². The van der Waals surface area contributed by atoms with Crippen molar-refractivity contribution >= 4 is 17.5 Å². The minimum Gasteiger partial charge on any atom is -0.310 e. The predicted molar refractivity (Wildman–Crippen MR) is 89.6 cm³/mol. The molecular formula is C20H14N2. The monoisotopic (exact) mass is 282 g/mol. The Kier molecular flexibility index (Phi) is 2.91. The topological polar surface area (TPSA) is 27.0 Å². The first-order valence-corrected chi connectivity index (χ1v) is 7.34. The van der Waals surface area contributed by atoms with E-state index in [1.165, 1.54) is 22.5 Å². The summed E-state index contributed by atoms with van der Waals surface area (Å²) in [6.07, 6.45) is 9.67. The molecule has 0 saturated carbocycles. The molecule has 0 aromatic heterocycles. The standard InChI is InChI=1S/C20H14N2/c21-14-15-9-11-18(12-10-15)22-19-7-3-1-5-16(19)13-17-6-2-4-8-20(17)22/h1-5,7-13H,6H2. The zero-order chi connectivity index (χ0) is 14.9. The average Bonchev–Trinajstić information content (AvgIpc) is 2.60. The molecule has 0 unspecified atom stereocenters. The molecule has 2 aliphatic rings. The summed E-state index contributed by atoms with van der Waals surface area (Å²) in [5, 5.41) is 8.99. The van der Waals surface area contributed by atoms with Crippen LogP contribution in [0.2, 0.25) is 0 Å². The number of nitrogens with zero attached hydrogens (tertiary/aromatic N) is 2. The molecule has 0 fully saturated rings. The predicted octanol–water partition coefficient (Wildman–Crippen LogP) is 4.94. The fourth-order valence-corrected chi connectivity index (χ4v) is 3.01. The first-order chi connectivity index (χ1) is 10.9. The largest absolute Gasteiger partial charge is 0.310 e. The summed E-state index contributed by atoms with van der Waals surface area (Å²) in [4.78, 5) is 2.27. The summed E-state index contributed by atoms with van der Waals surface area (Å²) in [6.45, 7) is 0. The lowest BCUT2D eigenvalue weighted by molar-refractivity contribution is 1.08. The van der Waals surface area contributed by atoms with Crippen molar-refractivity contribution in [3.8, 4) is 6.07 Å². The van der Waals surface area contributed by atoms with Gasteiger partial charge in [-0.15, -0.1) is 0 Å². The number of anilines is 2. The number of allylic oxidation sites excluding steroid dienone is 4. The van der Waals surface area contributed by atoms with Crippen LogP contribution in [0, 0.1) is 11.3 Å². The molecule has 0 saturated heterocycles. The number of nitriles is 1. The second kappa shape index (κ2) is 5.05. The Morgan fingerprint density at radius 2 is 1.82 bits per heavy atom. The van der Waals surface area contributed by atoms with Crippen LogP contribution in [0.1, 0.15) is 17.5 Å². The Labute approximate surface area is 129 Å². The molecule has 0 amide bonds. The van der Waals surface area contributed by atoms with Gasteiger partial charge in [0.25, 0.3) is 0 Å². The Morgan fingerprint density at radius 1 is 1.00 bits per heavy atom. The summed E-state index contributed by atoms with van der Waals surface area (Å²) in [5.74, 6) is 0. The maximum absolute atomic E-state index is 8.99. The summed E-state index contributed by atoms with van der Waals surface area (Å²) in [5.41, 5.74) is 6.71. The van der Waals surface area contributed by atoms with Crippen LogP contribution >= 0.6 is 0 Å². The van der Waals surface area contributed by atoms with Gasteiger partial charge in [0, 0.05) is 11.4 Å². The van der Waals surface area contributed by atoms with Gasteiger partial charge in [0.05, 0.1) is 17.3 Å². The van der Waals surface area contributed by atoms with Gasteiger partial charge >= 0.3 is 0 Å². The number of rotatable bonds is 1. The Balaban J connectivity index is 1.91. The van der Waals surface area contributed by atoms with Crippen LogP contribution in [0.3, 0.4) is 0 Å². The van der Waals surface area contributed by atoms with Gasteiger partial charge < -0.3 is 4.90 Å². The highest BCUT2D eigenvalue weighted by Crippen LogP contribution is 2.42. The highest BCUT2D eigenvalue weighted by molar-refractivity contribution is 5.86. The van der Waals surface area contributed by atoms with Crippen molar-refractivity contribution in [3.63, 3.8) is 0 Å². The number of benzene rings is 2. The van der Waals surface area contributed by atoms with E-state index >= 15 is 0 Å². The average molecular weight is 282 g/mol. The van der Waals surface area contributed by atoms with Crippen LogP contribution in [-0.4, -0.2) is 0 Å². The van der Waals surface area contributed by atoms with E-state index < -0.39 is 0 Å². The van der Waals surface area contributed by atoms with Gasteiger partial charge in [0.2, 0.25) is 0 Å². The van der Waals surface area contributed by atoms with Crippen LogP contribution in [0.4, 0.5) is 11.4 Å². The highest BCUT2D eigenvalue weighted by atomic mass is 15.2. The quantitative estimate of drug-likeness (QED) is 0.741. The molecule has 0 N–H and O–H groups in total. The van der Waals surface area contributed by atoms with E-state index in [0.717, 1.165) is 12.1 Å². The maximum Gasteiger partial charge on any atom is 0.0991 e. The fraction of sp³-hybridized carbons (Fsp3) is 0.0500. The van der Waals surface area contributed by atoms with Crippen LogP contribution < -0.4 is 4.90 Å². The fourth-order valence-electron chi connectivity index (χ4n) is 3.01. The second-order valence-electron chi connectivity index (χ2n) is 5.41.